The molecule has 0 aliphatic rings. The third-order valence-corrected chi connectivity index (χ3v) is 5.72. The number of rotatable bonds is 6. The van der Waals surface area contributed by atoms with Crippen LogP contribution in [0.3, 0.4) is 0 Å². The second kappa shape index (κ2) is 9.18. The second-order valence-corrected chi connectivity index (χ2v) is 9.39. The standard InChI is InChI=1S/C22H24ClFN4OS/c1-14-5-8-16(23)11-18(14)28-19(12-25-20(29)22(2,3)4)26-27-21(28)30-13-15-6-9-17(24)10-7-15/h5-11H,12-13H2,1-4H3,(H,25,29). The fourth-order valence-electron chi connectivity index (χ4n) is 2.73. The van der Waals surface area contributed by atoms with Gasteiger partial charge in [0.2, 0.25) is 5.91 Å². The molecule has 0 aliphatic heterocycles. The van der Waals surface area contributed by atoms with Crippen molar-refractivity contribution in [2.24, 2.45) is 5.41 Å². The topological polar surface area (TPSA) is 59.8 Å². The Morgan fingerprint density at radius 1 is 1.17 bits per heavy atom. The maximum Gasteiger partial charge on any atom is 0.225 e. The molecular weight excluding hydrogens is 423 g/mol. The minimum absolute atomic E-state index is 0.0691. The first-order valence-corrected chi connectivity index (χ1v) is 10.9. The van der Waals surface area contributed by atoms with E-state index < -0.39 is 5.41 Å². The largest absolute Gasteiger partial charge is 0.348 e. The quantitative estimate of drug-likeness (QED) is 0.520. The van der Waals surface area contributed by atoms with E-state index in [-0.39, 0.29) is 18.3 Å². The molecule has 30 heavy (non-hydrogen) atoms. The van der Waals surface area contributed by atoms with Crippen molar-refractivity contribution in [1.82, 2.24) is 20.1 Å². The van der Waals surface area contributed by atoms with E-state index in [4.69, 9.17) is 11.6 Å². The summed E-state index contributed by atoms with van der Waals surface area (Å²) in [6.07, 6.45) is 0. The molecule has 0 fully saturated rings. The summed E-state index contributed by atoms with van der Waals surface area (Å²) in [6.45, 7) is 7.80. The molecule has 0 saturated heterocycles. The lowest BCUT2D eigenvalue weighted by atomic mass is 9.96. The maximum atomic E-state index is 13.2. The molecule has 0 atom stereocenters. The van der Waals surface area contributed by atoms with Crippen molar-refractivity contribution in [3.63, 3.8) is 0 Å². The van der Waals surface area contributed by atoms with Crippen molar-refractivity contribution in [1.29, 1.82) is 0 Å². The van der Waals surface area contributed by atoms with Gasteiger partial charge in [-0.15, -0.1) is 10.2 Å². The molecule has 3 aromatic rings. The van der Waals surface area contributed by atoms with E-state index in [0.29, 0.717) is 21.8 Å². The third-order valence-electron chi connectivity index (χ3n) is 4.48. The molecule has 0 spiro atoms. The molecule has 0 radical (unpaired) electrons. The van der Waals surface area contributed by atoms with Gasteiger partial charge in [0.25, 0.3) is 0 Å². The summed E-state index contributed by atoms with van der Waals surface area (Å²) >= 11 is 7.73. The van der Waals surface area contributed by atoms with Gasteiger partial charge in [-0.1, -0.05) is 62.3 Å². The molecule has 1 heterocycles. The lowest BCUT2D eigenvalue weighted by Gasteiger charge is -2.18. The number of hydrogen-bond acceptors (Lipinski definition) is 4. The Balaban J connectivity index is 1.92. The number of benzene rings is 2. The van der Waals surface area contributed by atoms with Crippen LogP contribution in [0.1, 0.15) is 37.7 Å². The van der Waals surface area contributed by atoms with E-state index in [1.54, 1.807) is 12.1 Å². The molecule has 0 bridgehead atoms. The van der Waals surface area contributed by atoms with E-state index in [1.165, 1.54) is 23.9 Å². The van der Waals surface area contributed by atoms with Crippen molar-refractivity contribution in [2.75, 3.05) is 0 Å². The van der Waals surface area contributed by atoms with Crippen LogP contribution in [-0.4, -0.2) is 20.7 Å². The van der Waals surface area contributed by atoms with Gasteiger partial charge in [0.05, 0.1) is 12.2 Å². The van der Waals surface area contributed by atoms with Crippen molar-refractivity contribution < 1.29 is 9.18 Å². The van der Waals surface area contributed by atoms with E-state index in [1.807, 2.05) is 50.5 Å². The zero-order valence-corrected chi connectivity index (χ0v) is 18.9. The Morgan fingerprint density at radius 2 is 1.87 bits per heavy atom. The maximum absolute atomic E-state index is 13.2. The summed E-state index contributed by atoms with van der Waals surface area (Å²) < 4.78 is 15.1. The summed E-state index contributed by atoms with van der Waals surface area (Å²) in [5, 5.41) is 12.9. The van der Waals surface area contributed by atoms with Crippen LogP contribution in [0, 0.1) is 18.2 Å². The fourth-order valence-corrected chi connectivity index (χ4v) is 3.81. The fraction of sp³-hybridized carbons (Fsp3) is 0.318. The predicted molar refractivity (Wildman–Crippen MR) is 118 cm³/mol. The third kappa shape index (κ3) is 5.40. The van der Waals surface area contributed by atoms with Crippen molar-refractivity contribution >= 4 is 29.3 Å². The van der Waals surface area contributed by atoms with Crippen LogP contribution in [0.15, 0.2) is 47.6 Å². The van der Waals surface area contributed by atoms with Crippen molar-refractivity contribution in [3.05, 3.63) is 70.3 Å². The number of nitrogens with one attached hydrogen (secondary N) is 1. The van der Waals surface area contributed by atoms with Crippen LogP contribution in [0.5, 0.6) is 0 Å². The molecule has 0 aliphatic carbocycles. The number of halogens is 2. The molecule has 158 valence electrons. The van der Waals surface area contributed by atoms with E-state index >= 15 is 0 Å². The first-order chi connectivity index (χ1) is 14.1. The summed E-state index contributed by atoms with van der Waals surface area (Å²) in [5.41, 5.74) is 2.33. The molecule has 0 saturated carbocycles. The summed E-state index contributed by atoms with van der Waals surface area (Å²) in [5.74, 6) is 0.880. The van der Waals surface area contributed by atoms with Crippen LogP contribution in [0.25, 0.3) is 5.69 Å². The highest BCUT2D eigenvalue weighted by Crippen LogP contribution is 2.28. The van der Waals surface area contributed by atoms with E-state index in [2.05, 4.69) is 15.5 Å². The SMILES string of the molecule is Cc1ccc(Cl)cc1-n1c(CNC(=O)C(C)(C)C)nnc1SCc1ccc(F)cc1. The Bertz CT molecular complexity index is 1040. The van der Waals surface area contributed by atoms with Gasteiger partial charge in [-0.3, -0.25) is 9.36 Å². The van der Waals surface area contributed by atoms with Crippen molar-refractivity contribution in [2.45, 2.75) is 45.1 Å². The Kier molecular flexibility index (Phi) is 6.83. The first kappa shape index (κ1) is 22.3. The number of aromatic nitrogens is 3. The second-order valence-electron chi connectivity index (χ2n) is 8.01. The highest BCUT2D eigenvalue weighted by molar-refractivity contribution is 7.98. The molecule has 8 heteroatoms. The van der Waals surface area contributed by atoms with Gasteiger partial charge >= 0.3 is 0 Å². The lowest BCUT2D eigenvalue weighted by molar-refractivity contribution is -0.128. The van der Waals surface area contributed by atoms with E-state index in [0.717, 1.165) is 16.8 Å². The average molecular weight is 447 g/mol. The number of nitrogens with zero attached hydrogens (tertiary/aromatic N) is 3. The predicted octanol–water partition coefficient (Wildman–Crippen LogP) is 5.32. The summed E-state index contributed by atoms with van der Waals surface area (Å²) in [4.78, 5) is 12.3. The smallest absolute Gasteiger partial charge is 0.225 e. The van der Waals surface area contributed by atoms with Crippen LogP contribution in [0.4, 0.5) is 4.39 Å². The highest BCUT2D eigenvalue weighted by atomic mass is 35.5. The van der Waals surface area contributed by atoms with Gasteiger partial charge in [0.1, 0.15) is 5.82 Å². The lowest BCUT2D eigenvalue weighted by Crippen LogP contribution is -2.35. The van der Waals surface area contributed by atoms with Gasteiger partial charge in [0, 0.05) is 16.2 Å². The molecule has 1 N–H and O–H groups in total. The Hall–Kier alpha value is -2.38. The van der Waals surface area contributed by atoms with Gasteiger partial charge < -0.3 is 5.32 Å². The summed E-state index contributed by atoms with van der Waals surface area (Å²) in [7, 11) is 0. The number of aryl methyl sites for hydroxylation is 1. The zero-order chi connectivity index (χ0) is 21.9. The number of amides is 1. The van der Waals surface area contributed by atoms with Gasteiger partial charge in [-0.25, -0.2) is 4.39 Å². The average Bonchev–Trinajstić information content (AvgIpc) is 3.09. The minimum atomic E-state index is -0.503. The van der Waals surface area contributed by atoms with Crippen LogP contribution < -0.4 is 5.32 Å². The molecule has 1 amide bonds. The van der Waals surface area contributed by atoms with Crippen molar-refractivity contribution in [3.8, 4) is 5.69 Å². The van der Waals surface area contributed by atoms with Gasteiger partial charge in [-0.05, 0) is 42.3 Å². The molecule has 2 aromatic carbocycles. The summed E-state index contributed by atoms with van der Waals surface area (Å²) in [6, 6.07) is 12.0. The number of carbonyl (C=O) groups excluding carboxylic acids is 1. The molecule has 0 unspecified atom stereocenters. The number of hydrogen-bond donors (Lipinski definition) is 1. The molecular formula is C22H24ClFN4OS. The van der Waals surface area contributed by atoms with Crippen LogP contribution in [-0.2, 0) is 17.1 Å². The molecule has 3 rings (SSSR count). The normalized spacial score (nSPS) is 11.5. The monoisotopic (exact) mass is 446 g/mol. The Morgan fingerprint density at radius 3 is 2.53 bits per heavy atom. The molecule has 1 aromatic heterocycles. The highest BCUT2D eigenvalue weighted by Gasteiger charge is 2.23. The zero-order valence-electron chi connectivity index (χ0n) is 17.4. The molecule has 5 nitrogen and oxygen atoms in total. The minimum Gasteiger partial charge on any atom is -0.348 e. The first-order valence-electron chi connectivity index (χ1n) is 9.51. The van der Waals surface area contributed by atoms with E-state index in [9.17, 15) is 9.18 Å². The van der Waals surface area contributed by atoms with Gasteiger partial charge in [0.15, 0.2) is 11.0 Å². The van der Waals surface area contributed by atoms with Crippen LogP contribution >= 0.6 is 23.4 Å². The number of carbonyl (C=O) groups is 1. The number of thioether (sulfide) groups is 1. The van der Waals surface area contributed by atoms with Crippen LogP contribution in [0.2, 0.25) is 5.02 Å². The Labute approximate surface area is 185 Å². The van der Waals surface area contributed by atoms with Gasteiger partial charge in [-0.2, -0.15) is 0 Å².